The molecule has 1 atom stereocenters. The third-order valence-corrected chi connectivity index (χ3v) is 12.6. The van der Waals surface area contributed by atoms with E-state index < -0.39 is 0 Å². The Morgan fingerprint density at radius 2 is 1.04 bits per heavy atom. The van der Waals surface area contributed by atoms with Gasteiger partial charge in [-0.25, -0.2) is 0 Å². The Labute approximate surface area is 319 Å². The molecule has 11 rings (SSSR count). The zero-order chi connectivity index (χ0) is 35.6. The second kappa shape index (κ2) is 12.6. The van der Waals surface area contributed by atoms with Gasteiger partial charge >= 0.3 is 0 Å². The molecule has 1 aromatic heterocycles. The van der Waals surface area contributed by atoms with E-state index in [4.69, 9.17) is 0 Å². The summed E-state index contributed by atoms with van der Waals surface area (Å²) in [6, 6.07) is 72.0. The Hall–Kier alpha value is -6.48. The lowest BCUT2D eigenvalue weighted by molar-refractivity contribution is 0.799. The highest BCUT2D eigenvalue weighted by Gasteiger charge is 2.29. The van der Waals surface area contributed by atoms with Crippen molar-refractivity contribution >= 4 is 70.1 Å². The summed E-state index contributed by atoms with van der Waals surface area (Å²) in [4.78, 5) is 2.45. The maximum atomic E-state index is 2.46. The molecular weight excluding hydrogens is 671 g/mol. The van der Waals surface area contributed by atoms with Crippen LogP contribution in [0.15, 0.2) is 194 Å². The van der Waals surface area contributed by atoms with Crippen LogP contribution in [0, 0.1) is 0 Å². The van der Waals surface area contributed by atoms with Crippen LogP contribution < -0.4 is 4.90 Å². The first kappa shape index (κ1) is 31.1. The smallest absolute Gasteiger partial charge is 0.0476 e. The van der Waals surface area contributed by atoms with Crippen LogP contribution in [-0.2, 0) is 6.42 Å². The summed E-state index contributed by atoms with van der Waals surface area (Å²) in [5.74, 6) is 0.237. The molecule has 1 nitrogen and oxygen atoms in total. The summed E-state index contributed by atoms with van der Waals surface area (Å²) in [6.07, 6.45) is 0.963. The van der Waals surface area contributed by atoms with Crippen LogP contribution in [0.4, 0.5) is 17.1 Å². The first-order valence-corrected chi connectivity index (χ1v) is 19.6. The van der Waals surface area contributed by atoms with Gasteiger partial charge in [-0.15, -0.1) is 11.3 Å². The number of anilines is 3. The highest BCUT2D eigenvalue weighted by atomic mass is 32.1. The van der Waals surface area contributed by atoms with Gasteiger partial charge in [0.2, 0.25) is 0 Å². The Balaban J connectivity index is 1.11. The van der Waals surface area contributed by atoms with Gasteiger partial charge in [-0.05, 0) is 109 Å². The number of nitrogens with zero attached hydrogens (tertiary/aromatic N) is 1. The lowest BCUT2D eigenvalue weighted by atomic mass is 9.74. The number of hydrogen-bond acceptors (Lipinski definition) is 2. The lowest BCUT2D eigenvalue weighted by Crippen LogP contribution is -2.15. The van der Waals surface area contributed by atoms with Crippen LogP contribution in [0.3, 0.4) is 0 Å². The topological polar surface area (TPSA) is 3.24 Å². The van der Waals surface area contributed by atoms with E-state index in [2.05, 4.69) is 199 Å². The summed E-state index contributed by atoms with van der Waals surface area (Å²) in [5, 5.41) is 7.75. The maximum absolute atomic E-state index is 2.46. The van der Waals surface area contributed by atoms with Crippen LogP contribution in [0.5, 0.6) is 0 Å². The highest BCUT2D eigenvalue weighted by Crippen LogP contribution is 2.49. The van der Waals surface area contributed by atoms with Crippen molar-refractivity contribution in [3.05, 3.63) is 211 Å². The molecule has 10 aromatic rings. The Kier molecular flexibility index (Phi) is 7.24. The molecular formula is C52H35NS. The van der Waals surface area contributed by atoms with E-state index in [9.17, 15) is 0 Å². The predicted molar refractivity (Wildman–Crippen MR) is 232 cm³/mol. The number of thiophene rings is 1. The molecule has 1 unspecified atom stereocenters. The van der Waals surface area contributed by atoms with Crippen LogP contribution in [0.25, 0.3) is 64.0 Å². The van der Waals surface area contributed by atoms with E-state index in [0.717, 1.165) is 23.5 Å². The third kappa shape index (κ3) is 5.14. The van der Waals surface area contributed by atoms with Gasteiger partial charge in [0.1, 0.15) is 0 Å². The molecule has 0 fully saturated rings. The monoisotopic (exact) mass is 705 g/mol. The lowest BCUT2D eigenvalue weighted by Gasteiger charge is -2.32. The normalized spacial score (nSPS) is 13.7. The van der Waals surface area contributed by atoms with Crippen molar-refractivity contribution in [3.8, 4) is 22.3 Å². The molecule has 0 aliphatic heterocycles. The summed E-state index contributed by atoms with van der Waals surface area (Å²) < 4.78 is 2.62. The van der Waals surface area contributed by atoms with Gasteiger partial charge in [-0.2, -0.15) is 0 Å². The summed E-state index contributed by atoms with van der Waals surface area (Å²) >= 11 is 1.87. The maximum Gasteiger partial charge on any atom is 0.0476 e. The molecule has 1 heterocycles. The molecule has 0 spiro atoms. The van der Waals surface area contributed by atoms with Gasteiger partial charge in [0.05, 0.1) is 0 Å². The van der Waals surface area contributed by atoms with Crippen molar-refractivity contribution in [3.63, 3.8) is 0 Å². The molecule has 9 aromatic carbocycles. The average molecular weight is 706 g/mol. The van der Waals surface area contributed by atoms with Crippen molar-refractivity contribution < 1.29 is 0 Å². The number of fused-ring (bicyclic) bond motifs is 9. The van der Waals surface area contributed by atoms with Gasteiger partial charge in [0, 0.05) is 43.2 Å². The SMILES string of the molecule is c1ccc(-c2ccc(C3Cc4c(ccc5ccccc45)-c4cc(N(c5ccc6ccccc6c5)c5ccc6c(c5)sc5ccccc56)ccc43)cc2)cc1. The van der Waals surface area contributed by atoms with E-state index in [1.54, 1.807) is 0 Å². The van der Waals surface area contributed by atoms with E-state index in [1.807, 2.05) is 11.3 Å². The Morgan fingerprint density at radius 1 is 0.407 bits per heavy atom. The predicted octanol–water partition coefficient (Wildman–Crippen LogP) is 14.9. The summed E-state index contributed by atoms with van der Waals surface area (Å²) in [7, 11) is 0. The molecule has 0 amide bonds. The van der Waals surface area contributed by atoms with Gasteiger partial charge in [0.25, 0.3) is 0 Å². The van der Waals surface area contributed by atoms with Crippen LogP contribution in [0.1, 0.15) is 22.6 Å². The standard InChI is InChI=1S/C52H35NS/c1-2-10-34(11-3-1)36-18-20-38(21-19-36)48-33-50-43-15-7-6-13-37(43)23-27-45(50)49-31-41(25-28-44(48)49)53(40-24-22-35-12-4-5-14-39(35)30-40)42-26-29-47-46-16-8-9-17-51(46)54-52(47)32-42/h1-32,48H,33H2. The average Bonchev–Trinajstić information content (AvgIpc) is 3.62. The first-order chi connectivity index (χ1) is 26.7. The van der Waals surface area contributed by atoms with Crippen LogP contribution in [-0.4, -0.2) is 0 Å². The molecule has 0 bridgehead atoms. The fraction of sp³-hybridized carbons (Fsp3) is 0.0385. The van der Waals surface area contributed by atoms with Gasteiger partial charge in [-0.3, -0.25) is 0 Å². The molecule has 254 valence electrons. The minimum Gasteiger partial charge on any atom is -0.310 e. The van der Waals surface area contributed by atoms with Crippen LogP contribution >= 0.6 is 11.3 Å². The zero-order valence-electron chi connectivity index (χ0n) is 29.6. The van der Waals surface area contributed by atoms with Crippen molar-refractivity contribution in [2.24, 2.45) is 0 Å². The van der Waals surface area contributed by atoms with E-state index in [0.29, 0.717) is 0 Å². The molecule has 1 aliphatic carbocycles. The fourth-order valence-corrected chi connectivity index (χ4v) is 9.93. The molecule has 1 aliphatic rings. The summed E-state index contributed by atoms with van der Waals surface area (Å²) in [5.41, 5.74) is 12.8. The van der Waals surface area contributed by atoms with E-state index in [1.165, 1.54) is 80.7 Å². The second-order valence-electron chi connectivity index (χ2n) is 14.5. The van der Waals surface area contributed by atoms with Crippen molar-refractivity contribution in [1.29, 1.82) is 0 Å². The minimum absolute atomic E-state index is 0.237. The van der Waals surface area contributed by atoms with E-state index >= 15 is 0 Å². The zero-order valence-corrected chi connectivity index (χ0v) is 30.4. The molecule has 54 heavy (non-hydrogen) atoms. The first-order valence-electron chi connectivity index (χ1n) is 18.8. The van der Waals surface area contributed by atoms with Gasteiger partial charge in [-0.1, -0.05) is 152 Å². The minimum atomic E-state index is 0.237. The number of benzene rings is 9. The molecule has 0 saturated carbocycles. The number of hydrogen-bond donors (Lipinski definition) is 0. The third-order valence-electron chi connectivity index (χ3n) is 11.4. The number of rotatable bonds is 5. The second-order valence-corrected chi connectivity index (χ2v) is 15.6. The molecule has 0 N–H and O–H groups in total. The summed E-state index contributed by atoms with van der Waals surface area (Å²) in [6.45, 7) is 0. The molecule has 0 saturated heterocycles. The highest BCUT2D eigenvalue weighted by molar-refractivity contribution is 7.25. The van der Waals surface area contributed by atoms with Crippen LogP contribution in [0.2, 0.25) is 0 Å². The van der Waals surface area contributed by atoms with E-state index in [-0.39, 0.29) is 5.92 Å². The largest absolute Gasteiger partial charge is 0.310 e. The fourth-order valence-electron chi connectivity index (χ4n) is 8.80. The Morgan fingerprint density at radius 3 is 1.91 bits per heavy atom. The quantitative estimate of drug-likeness (QED) is 0.172. The molecule has 0 radical (unpaired) electrons. The van der Waals surface area contributed by atoms with Crippen molar-refractivity contribution in [2.75, 3.05) is 4.90 Å². The Bertz CT molecular complexity index is 3030. The van der Waals surface area contributed by atoms with Crippen molar-refractivity contribution in [1.82, 2.24) is 0 Å². The van der Waals surface area contributed by atoms with Gasteiger partial charge in [0.15, 0.2) is 0 Å². The molecule has 2 heteroatoms. The van der Waals surface area contributed by atoms with Crippen molar-refractivity contribution in [2.45, 2.75) is 12.3 Å². The van der Waals surface area contributed by atoms with Gasteiger partial charge < -0.3 is 4.90 Å².